The van der Waals surface area contributed by atoms with Crippen LogP contribution < -0.4 is 20.1 Å². The highest BCUT2D eigenvalue weighted by molar-refractivity contribution is 7.91. The van der Waals surface area contributed by atoms with Gasteiger partial charge in [0.05, 0.1) is 18.9 Å². The van der Waals surface area contributed by atoms with Gasteiger partial charge in [0.25, 0.3) is 5.91 Å². The second-order valence-electron chi connectivity index (χ2n) is 16.1. The topological polar surface area (TPSA) is 169 Å². The summed E-state index contributed by atoms with van der Waals surface area (Å²) in [6, 6.07) is 13.0. The van der Waals surface area contributed by atoms with Crippen LogP contribution in [0, 0.1) is 11.3 Å². The molecule has 2 aromatic rings. The molecule has 1 heterocycles. The van der Waals surface area contributed by atoms with E-state index in [1.54, 1.807) is 7.11 Å². The molecular weight excluding hydrogens is 713 g/mol. The lowest BCUT2D eigenvalue weighted by atomic mass is 9.85. The second kappa shape index (κ2) is 15.0. The van der Waals surface area contributed by atoms with Crippen molar-refractivity contribution in [2.75, 3.05) is 20.8 Å². The van der Waals surface area contributed by atoms with Gasteiger partial charge in [-0.1, -0.05) is 63.2 Å². The number of carbonyl (C=O) groups excluding carboxylic acids is 4. The zero-order valence-corrected chi connectivity index (χ0v) is 32.5. The van der Waals surface area contributed by atoms with Crippen molar-refractivity contribution in [3.05, 3.63) is 66.7 Å². The highest BCUT2D eigenvalue weighted by Crippen LogP contribution is 2.47. The average molecular weight is 765 g/mol. The quantitative estimate of drug-likeness (QED) is 0.248. The Morgan fingerprint density at radius 3 is 2.22 bits per heavy atom. The number of carbonyl (C=O) groups is 4. The minimum Gasteiger partial charge on any atom is -0.497 e. The van der Waals surface area contributed by atoms with Crippen LogP contribution in [0.5, 0.6) is 5.75 Å². The fraction of sp³-hybridized carbons (Fsp3) is 0.550. The fourth-order valence-electron chi connectivity index (χ4n) is 7.73. The van der Waals surface area contributed by atoms with Crippen LogP contribution in [-0.4, -0.2) is 86.9 Å². The van der Waals surface area contributed by atoms with Crippen LogP contribution in [0.3, 0.4) is 0 Å². The van der Waals surface area contributed by atoms with Gasteiger partial charge in [-0.25, -0.2) is 13.2 Å². The Kier molecular flexibility index (Phi) is 10.9. The van der Waals surface area contributed by atoms with E-state index in [1.807, 2.05) is 69.3 Å². The number of ether oxygens (including phenoxy) is 3. The molecule has 0 spiro atoms. The monoisotopic (exact) mass is 764 g/mol. The zero-order chi connectivity index (χ0) is 39.1. The van der Waals surface area contributed by atoms with Gasteiger partial charge in [-0.3, -0.25) is 19.1 Å². The Morgan fingerprint density at radius 1 is 0.963 bits per heavy atom. The normalized spacial score (nSPS) is 26.1. The number of nitrogens with one attached hydrogen (secondary N) is 3. The van der Waals surface area contributed by atoms with Gasteiger partial charge in [-0.2, -0.15) is 0 Å². The van der Waals surface area contributed by atoms with Crippen LogP contribution >= 0.6 is 0 Å². The molecule has 4 amide bonds. The van der Waals surface area contributed by atoms with Crippen LogP contribution in [0.1, 0.15) is 77.7 Å². The summed E-state index contributed by atoms with van der Waals surface area (Å²) in [4.78, 5) is 57.4. The third kappa shape index (κ3) is 8.00. The maximum atomic E-state index is 14.8. The lowest BCUT2D eigenvalue weighted by Gasteiger charge is -2.36. The van der Waals surface area contributed by atoms with Crippen molar-refractivity contribution in [2.45, 2.75) is 107 Å². The van der Waals surface area contributed by atoms with Crippen LogP contribution in [-0.2, 0) is 39.5 Å². The number of hydrogen-bond acceptors (Lipinski definition) is 9. The molecule has 6 rings (SSSR count). The van der Waals surface area contributed by atoms with Crippen LogP contribution in [0.4, 0.5) is 4.79 Å². The van der Waals surface area contributed by atoms with E-state index in [4.69, 9.17) is 14.2 Å². The van der Waals surface area contributed by atoms with E-state index in [1.165, 1.54) is 18.1 Å². The van der Waals surface area contributed by atoms with Gasteiger partial charge >= 0.3 is 6.09 Å². The van der Waals surface area contributed by atoms with Crippen molar-refractivity contribution in [3.63, 3.8) is 0 Å². The molecule has 0 aromatic heterocycles. The van der Waals surface area contributed by atoms with Crippen molar-refractivity contribution in [1.29, 1.82) is 0 Å². The molecule has 292 valence electrons. The molecular formula is C40H52N4O9S. The van der Waals surface area contributed by atoms with Crippen molar-refractivity contribution in [1.82, 2.24) is 20.3 Å². The number of benzene rings is 2. The molecule has 3 aliphatic carbocycles. The third-order valence-electron chi connectivity index (χ3n) is 11.3. The molecule has 1 saturated heterocycles. The first-order valence-corrected chi connectivity index (χ1v) is 20.2. The van der Waals surface area contributed by atoms with Gasteiger partial charge in [0.2, 0.25) is 21.8 Å². The molecule has 2 aromatic carbocycles. The summed E-state index contributed by atoms with van der Waals surface area (Å²) < 4.78 is 45.0. The number of sulfonamides is 1. The van der Waals surface area contributed by atoms with E-state index < -0.39 is 73.6 Å². The summed E-state index contributed by atoms with van der Waals surface area (Å²) in [6.07, 6.45) is 5.10. The van der Waals surface area contributed by atoms with Gasteiger partial charge in [0.15, 0.2) is 0 Å². The molecule has 5 atom stereocenters. The minimum atomic E-state index is -3.90. The number of methoxy groups -OCH3 is 2. The number of nitrogens with zero attached hydrogens (tertiary/aromatic N) is 1. The number of alkyl carbamates (subject to hydrolysis) is 1. The van der Waals surface area contributed by atoms with Crippen LogP contribution in [0.25, 0.3) is 11.1 Å². The van der Waals surface area contributed by atoms with Gasteiger partial charge in [0, 0.05) is 19.4 Å². The SMILES string of the molecule is C=CC1C[C@]1(NC(=O)[C@@H]1C[C@@](OC)(c2ccc(-c3cccc(OC)c3)cc2)CN1C(=O)[C@@H](NC(=O)OC1CCCC1)C(C)(C)C)C(=O)NS(=O)(=O)C1CC1. The number of hydrogen-bond donors (Lipinski definition) is 3. The smallest absolute Gasteiger partial charge is 0.408 e. The molecule has 14 heteroatoms. The zero-order valence-electron chi connectivity index (χ0n) is 31.7. The molecule has 54 heavy (non-hydrogen) atoms. The molecule has 3 N–H and O–H groups in total. The maximum Gasteiger partial charge on any atom is 0.408 e. The lowest BCUT2D eigenvalue weighted by Crippen LogP contribution is -2.60. The Morgan fingerprint density at radius 2 is 1.65 bits per heavy atom. The molecule has 3 saturated carbocycles. The van der Waals surface area contributed by atoms with Gasteiger partial charge in [-0.05, 0) is 79.2 Å². The van der Waals surface area contributed by atoms with E-state index in [2.05, 4.69) is 21.9 Å². The summed E-state index contributed by atoms with van der Waals surface area (Å²) >= 11 is 0. The summed E-state index contributed by atoms with van der Waals surface area (Å²) in [7, 11) is -0.781. The molecule has 1 aliphatic heterocycles. The number of amides is 4. The Hall–Kier alpha value is -4.43. The molecule has 1 unspecified atom stereocenters. The van der Waals surface area contributed by atoms with E-state index in [-0.39, 0.29) is 25.5 Å². The minimum absolute atomic E-state index is 0.0137. The maximum absolute atomic E-state index is 14.8. The Bertz CT molecular complexity index is 1880. The van der Waals surface area contributed by atoms with Gasteiger partial charge in [-0.15, -0.1) is 6.58 Å². The molecule has 13 nitrogen and oxygen atoms in total. The predicted molar refractivity (Wildman–Crippen MR) is 202 cm³/mol. The van der Waals surface area contributed by atoms with E-state index in [9.17, 15) is 27.6 Å². The van der Waals surface area contributed by atoms with Gasteiger partial charge < -0.3 is 29.7 Å². The van der Waals surface area contributed by atoms with Crippen LogP contribution in [0.15, 0.2) is 61.2 Å². The largest absolute Gasteiger partial charge is 0.497 e. The number of likely N-dealkylation sites (tertiary alicyclic amines) is 1. The lowest BCUT2D eigenvalue weighted by molar-refractivity contribution is -0.143. The summed E-state index contributed by atoms with van der Waals surface area (Å²) in [5.41, 5.74) is -0.955. The molecule has 0 bridgehead atoms. The first-order valence-electron chi connectivity index (χ1n) is 18.6. The highest BCUT2D eigenvalue weighted by atomic mass is 32.2. The highest BCUT2D eigenvalue weighted by Gasteiger charge is 2.62. The van der Waals surface area contributed by atoms with Gasteiger partial charge in [0.1, 0.15) is 35.1 Å². The first kappa shape index (κ1) is 39.3. The fourth-order valence-corrected chi connectivity index (χ4v) is 9.09. The Balaban J connectivity index is 1.32. The van der Waals surface area contributed by atoms with E-state index in [0.717, 1.165) is 36.8 Å². The molecule has 4 fully saturated rings. The van der Waals surface area contributed by atoms with Crippen molar-refractivity contribution in [3.8, 4) is 16.9 Å². The van der Waals surface area contributed by atoms with E-state index >= 15 is 0 Å². The summed E-state index contributed by atoms with van der Waals surface area (Å²) in [5, 5.41) is 5.00. The standard InChI is InChI=1S/C40H52N4O9S/c1-7-27-22-40(27,36(47)43-54(49,50)31-19-20-31)42-34(45)32-23-39(52-6,28-17-15-25(16-18-28)26-11-10-14-30(21-26)51-5)24-44(32)35(46)33(38(2,3)4)41-37(48)53-29-12-8-9-13-29/h7,10-11,14-18,21,27,29,31-33H,1,8-9,12-13,19-20,22-24H2,2-6H3,(H,41,48)(H,42,45)(H,43,47)/t27?,32-,33+,39-,40+/m0/s1. The van der Waals surface area contributed by atoms with Crippen LogP contribution in [0.2, 0.25) is 0 Å². The van der Waals surface area contributed by atoms with Crippen molar-refractivity contribution < 1.29 is 41.8 Å². The molecule has 0 radical (unpaired) electrons. The first-order chi connectivity index (χ1) is 25.6. The Labute approximate surface area is 317 Å². The second-order valence-corrected chi connectivity index (χ2v) is 18.1. The average Bonchev–Trinajstić information content (AvgIpc) is 4.03. The summed E-state index contributed by atoms with van der Waals surface area (Å²) in [5.74, 6) is -1.82. The summed E-state index contributed by atoms with van der Waals surface area (Å²) in [6.45, 7) is 9.19. The number of rotatable bonds is 13. The van der Waals surface area contributed by atoms with Crippen molar-refractivity contribution >= 4 is 33.8 Å². The van der Waals surface area contributed by atoms with Crippen molar-refractivity contribution in [2.24, 2.45) is 11.3 Å². The van der Waals surface area contributed by atoms with E-state index in [0.29, 0.717) is 24.2 Å². The molecule has 4 aliphatic rings. The third-order valence-corrected chi connectivity index (χ3v) is 13.1. The predicted octanol–water partition coefficient (Wildman–Crippen LogP) is 4.56.